The van der Waals surface area contributed by atoms with Crippen LogP contribution in [0.2, 0.25) is 0 Å². The number of anilines is 1. The molecule has 9 heteroatoms. The van der Waals surface area contributed by atoms with Gasteiger partial charge in [0.05, 0.1) is 10.6 Å². The van der Waals surface area contributed by atoms with Crippen LogP contribution in [0.25, 0.3) is 0 Å². The highest BCUT2D eigenvalue weighted by atomic mass is 32.2. The predicted octanol–water partition coefficient (Wildman–Crippen LogP) is 5.11. The smallest absolute Gasteiger partial charge is 0.264 e. The average Bonchev–Trinajstić information content (AvgIpc) is 3.44. The normalized spacial score (nSPS) is 14.5. The molecule has 3 aromatic carbocycles. The largest absolute Gasteiger partial charge is 0.352 e. The topological polar surface area (TPSA) is 86.8 Å². The Morgan fingerprint density at radius 3 is 2.02 bits per heavy atom. The molecule has 0 aromatic heterocycles. The number of nitrogens with one attached hydrogen (secondary N) is 1. The van der Waals surface area contributed by atoms with E-state index in [-0.39, 0.29) is 29.1 Å². The first-order chi connectivity index (χ1) is 19.0. The predicted molar refractivity (Wildman–Crippen MR) is 154 cm³/mol. The van der Waals surface area contributed by atoms with Gasteiger partial charge in [0.25, 0.3) is 10.0 Å². The lowest BCUT2D eigenvalue weighted by Crippen LogP contribution is -2.52. The molecule has 1 aliphatic carbocycles. The molecule has 1 N–H and O–H groups in total. The monoisotopic (exact) mass is 565 g/mol. The van der Waals surface area contributed by atoms with E-state index < -0.39 is 34.3 Å². The lowest BCUT2D eigenvalue weighted by molar-refractivity contribution is -0.139. The van der Waals surface area contributed by atoms with Gasteiger partial charge in [0.1, 0.15) is 18.4 Å². The molecule has 1 fully saturated rings. The Morgan fingerprint density at radius 2 is 1.45 bits per heavy atom. The molecule has 3 aromatic rings. The van der Waals surface area contributed by atoms with Gasteiger partial charge in [-0.2, -0.15) is 0 Å². The maximum atomic E-state index is 13.9. The molecular weight excluding hydrogens is 529 g/mol. The number of sulfonamides is 1. The van der Waals surface area contributed by atoms with E-state index in [4.69, 9.17) is 0 Å². The molecule has 0 spiro atoms. The number of aryl methyl sites for hydroxylation is 2. The second-order valence-corrected chi connectivity index (χ2v) is 12.3. The van der Waals surface area contributed by atoms with Crippen LogP contribution in [-0.2, 0) is 26.2 Å². The van der Waals surface area contributed by atoms with Gasteiger partial charge in [-0.1, -0.05) is 60.4 Å². The highest BCUT2D eigenvalue weighted by molar-refractivity contribution is 7.92. The molecule has 4 rings (SSSR count). The quantitative estimate of drug-likeness (QED) is 0.370. The Hall–Kier alpha value is -3.72. The third-order valence-electron chi connectivity index (χ3n) is 7.34. The van der Waals surface area contributed by atoms with Gasteiger partial charge in [0.2, 0.25) is 11.8 Å². The molecule has 0 unspecified atom stereocenters. The number of amides is 2. The van der Waals surface area contributed by atoms with E-state index in [9.17, 15) is 22.4 Å². The Bertz CT molecular complexity index is 1420. The summed E-state index contributed by atoms with van der Waals surface area (Å²) in [6.07, 6.45) is 3.90. The molecule has 0 radical (unpaired) electrons. The summed E-state index contributed by atoms with van der Waals surface area (Å²) >= 11 is 0. The molecule has 2 amide bonds. The maximum absolute atomic E-state index is 13.9. The van der Waals surface area contributed by atoms with Crippen molar-refractivity contribution >= 4 is 27.5 Å². The fraction of sp³-hybridized carbons (Fsp3) is 0.355. The standard InChI is InChI=1S/C31H36FN3O4S/c1-22-8-12-25(13-9-22)20-34(24(3)31(37)33-27-6-4-5-7-27)30(36)21-35(28-16-14-26(32)15-17-28)40(38,39)29-18-10-23(2)11-19-29/h8-19,24,27H,4-7,20-21H2,1-3H3,(H,33,37)/t24-/m0/s1. The van der Waals surface area contributed by atoms with Crippen molar-refractivity contribution in [3.05, 3.63) is 95.3 Å². The van der Waals surface area contributed by atoms with Crippen LogP contribution in [0, 0.1) is 19.7 Å². The fourth-order valence-corrected chi connectivity index (χ4v) is 6.25. The van der Waals surface area contributed by atoms with E-state index in [1.54, 1.807) is 19.1 Å². The van der Waals surface area contributed by atoms with Gasteiger partial charge in [0, 0.05) is 12.6 Å². The van der Waals surface area contributed by atoms with Crippen LogP contribution in [0.3, 0.4) is 0 Å². The van der Waals surface area contributed by atoms with Crippen molar-refractivity contribution in [2.24, 2.45) is 0 Å². The third-order valence-corrected chi connectivity index (χ3v) is 9.13. The molecule has 0 aliphatic heterocycles. The van der Waals surface area contributed by atoms with Gasteiger partial charge in [0.15, 0.2) is 0 Å². The molecule has 40 heavy (non-hydrogen) atoms. The Labute approximate surface area is 236 Å². The van der Waals surface area contributed by atoms with Crippen LogP contribution in [0.4, 0.5) is 10.1 Å². The van der Waals surface area contributed by atoms with E-state index in [1.165, 1.54) is 29.2 Å². The highest BCUT2D eigenvalue weighted by Gasteiger charge is 2.33. The summed E-state index contributed by atoms with van der Waals surface area (Å²) in [5.41, 5.74) is 2.90. The summed E-state index contributed by atoms with van der Waals surface area (Å²) in [7, 11) is -4.19. The number of halogens is 1. The summed E-state index contributed by atoms with van der Waals surface area (Å²) in [5.74, 6) is -1.35. The van der Waals surface area contributed by atoms with Crippen molar-refractivity contribution in [2.45, 2.75) is 70.0 Å². The number of hydrogen-bond acceptors (Lipinski definition) is 4. The average molecular weight is 566 g/mol. The van der Waals surface area contributed by atoms with E-state index in [1.807, 2.05) is 38.1 Å². The molecule has 0 bridgehead atoms. The first-order valence-corrected chi connectivity index (χ1v) is 15.0. The zero-order chi connectivity index (χ0) is 28.9. The van der Waals surface area contributed by atoms with E-state index >= 15 is 0 Å². The van der Waals surface area contributed by atoms with Gasteiger partial charge < -0.3 is 10.2 Å². The van der Waals surface area contributed by atoms with Crippen LogP contribution in [0.1, 0.15) is 49.3 Å². The lowest BCUT2D eigenvalue weighted by atomic mass is 10.1. The number of carbonyl (C=O) groups is 2. The number of rotatable bonds is 10. The van der Waals surface area contributed by atoms with Crippen molar-refractivity contribution in [2.75, 3.05) is 10.8 Å². The second kappa shape index (κ2) is 12.6. The number of carbonyl (C=O) groups excluding carboxylic acids is 2. The summed E-state index contributed by atoms with van der Waals surface area (Å²) in [5, 5.41) is 3.06. The van der Waals surface area contributed by atoms with Crippen LogP contribution in [0.15, 0.2) is 77.7 Å². The van der Waals surface area contributed by atoms with Crippen molar-refractivity contribution in [3.63, 3.8) is 0 Å². The molecule has 0 saturated heterocycles. The van der Waals surface area contributed by atoms with Gasteiger partial charge >= 0.3 is 0 Å². The minimum Gasteiger partial charge on any atom is -0.352 e. The van der Waals surface area contributed by atoms with Crippen LogP contribution < -0.4 is 9.62 Å². The van der Waals surface area contributed by atoms with Crippen LogP contribution in [0.5, 0.6) is 0 Å². The van der Waals surface area contributed by atoms with E-state index in [2.05, 4.69) is 5.32 Å². The van der Waals surface area contributed by atoms with Crippen LogP contribution in [-0.4, -0.2) is 43.8 Å². The highest BCUT2D eigenvalue weighted by Crippen LogP contribution is 2.25. The fourth-order valence-electron chi connectivity index (χ4n) is 4.84. The first-order valence-electron chi connectivity index (χ1n) is 13.5. The van der Waals surface area contributed by atoms with Crippen LogP contribution >= 0.6 is 0 Å². The summed E-state index contributed by atoms with van der Waals surface area (Å²) in [6.45, 7) is 5.03. The maximum Gasteiger partial charge on any atom is 0.264 e. The molecule has 212 valence electrons. The Morgan fingerprint density at radius 1 is 0.900 bits per heavy atom. The molecule has 1 atom stereocenters. The lowest BCUT2D eigenvalue weighted by Gasteiger charge is -2.32. The Balaban J connectivity index is 1.67. The SMILES string of the molecule is Cc1ccc(CN(C(=O)CN(c2ccc(F)cc2)S(=O)(=O)c2ccc(C)cc2)[C@@H](C)C(=O)NC2CCCC2)cc1. The van der Waals surface area contributed by atoms with Gasteiger partial charge in [-0.15, -0.1) is 0 Å². The molecule has 1 aliphatic rings. The van der Waals surface area contributed by atoms with Gasteiger partial charge in [-0.25, -0.2) is 12.8 Å². The molecular formula is C31H36FN3O4S. The summed E-state index contributed by atoms with van der Waals surface area (Å²) in [4.78, 5) is 28.6. The van der Waals surface area contributed by atoms with Gasteiger partial charge in [-0.05, 0) is 75.6 Å². The second-order valence-electron chi connectivity index (χ2n) is 10.5. The van der Waals surface area contributed by atoms with Crippen molar-refractivity contribution < 1.29 is 22.4 Å². The molecule has 1 saturated carbocycles. The minimum atomic E-state index is -4.19. The van der Waals surface area contributed by atoms with Crippen molar-refractivity contribution in [1.29, 1.82) is 0 Å². The third kappa shape index (κ3) is 7.07. The first kappa shape index (κ1) is 29.3. The summed E-state index contributed by atoms with van der Waals surface area (Å²) in [6, 6.07) is 18.1. The zero-order valence-electron chi connectivity index (χ0n) is 23.1. The minimum absolute atomic E-state index is 0.00679. The number of nitrogens with zero attached hydrogens (tertiary/aromatic N) is 2. The van der Waals surface area contributed by atoms with Gasteiger partial charge in [-0.3, -0.25) is 13.9 Å². The van der Waals surface area contributed by atoms with E-state index in [0.717, 1.165) is 58.8 Å². The van der Waals surface area contributed by atoms with Crippen molar-refractivity contribution in [1.82, 2.24) is 10.2 Å². The summed E-state index contributed by atoms with van der Waals surface area (Å²) < 4.78 is 42.3. The van der Waals surface area contributed by atoms with Crippen molar-refractivity contribution in [3.8, 4) is 0 Å². The molecule has 0 heterocycles. The zero-order valence-corrected chi connectivity index (χ0v) is 24.0. The number of hydrogen-bond donors (Lipinski definition) is 1. The Kier molecular flexibility index (Phi) is 9.25. The number of benzene rings is 3. The molecule has 7 nitrogen and oxygen atoms in total. The van der Waals surface area contributed by atoms with E-state index in [0.29, 0.717) is 0 Å².